The highest BCUT2D eigenvalue weighted by Gasteiger charge is 2.18. The summed E-state index contributed by atoms with van der Waals surface area (Å²) in [5.41, 5.74) is 0. The lowest BCUT2D eigenvalue weighted by molar-refractivity contribution is -0.191. The average Bonchev–Trinajstić information content (AvgIpc) is 2.19. The zero-order chi connectivity index (χ0) is 10.4. The van der Waals surface area contributed by atoms with Crippen LogP contribution in [0.4, 0.5) is 0 Å². The predicted molar refractivity (Wildman–Crippen MR) is 56.1 cm³/mol. The zero-order valence-corrected chi connectivity index (χ0v) is 9.45. The van der Waals surface area contributed by atoms with Crippen LogP contribution in [-0.2, 0) is 9.47 Å². The first-order valence-corrected chi connectivity index (χ1v) is 5.46. The smallest absolute Gasteiger partial charge is 0.156 e. The predicted octanol–water partition coefficient (Wildman–Crippen LogP) is 0.637. The van der Waals surface area contributed by atoms with Crippen molar-refractivity contribution in [3.05, 3.63) is 0 Å². The molecule has 0 saturated carbocycles. The van der Waals surface area contributed by atoms with Crippen molar-refractivity contribution in [2.75, 3.05) is 32.8 Å². The molecule has 0 bridgehead atoms. The third-order valence-corrected chi connectivity index (χ3v) is 2.46. The van der Waals surface area contributed by atoms with E-state index in [0.29, 0.717) is 6.61 Å². The molecular formula is C10H22N2O2. The van der Waals surface area contributed by atoms with Crippen LogP contribution in [0.15, 0.2) is 0 Å². The Morgan fingerprint density at radius 3 is 2.50 bits per heavy atom. The molecule has 1 rings (SSSR count). The third-order valence-electron chi connectivity index (χ3n) is 2.46. The van der Waals surface area contributed by atoms with E-state index in [0.717, 1.165) is 26.2 Å². The van der Waals surface area contributed by atoms with Gasteiger partial charge < -0.3 is 14.8 Å². The lowest BCUT2D eigenvalue weighted by atomic mass is 10.3. The Morgan fingerprint density at radius 2 is 1.93 bits per heavy atom. The molecule has 1 saturated heterocycles. The molecule has 1 aliphatic heterocycles. The molecule has 84 valence electrons. The van der Waals surface area contributed by atoms with Crippen LogP contribution >= 0.6 is 0 Å². The summed E-state index contributed by atoms with van der Waals surface area (Å²) in [4.78, 5) is 2.33. The molecule has 0 amide bonds. The molecule has 0 aromatic carbocycles. The summed E-state index contributed by atoms with van der Waals surface area (Å²) in [5.74, 6) is 0. The topological polar surface area (TPSA) is 33.7 Å². The number of nitrogens with one attached hydrogen (secondary N) is 1. The zero-order valence-electron chi connectivity index (χ0n) is 9.45. The van der Waals surface area contributed by atoms with Crippen LogP contribution in [0.1, 0.15) is 20.8 Å². The van der Waals surface area contributed by atoms with E-state index in [4.69, 9.17) is 9.47 Å². The number of hydrogen-bond acceptors (Lipinski definition) is 4. The summed E-state index contributed by atoms with van der Waals surface area (Å²) in [6, 6.07) is 0. The summed E-state index contributed by atoms with van der Waals surface area (Å²) >= 11 is 0. The van der Waals surface area contributed by atoms with Gasteiger partial charge in [0.15, 0.2) is 6.29 Å². The van der Waals surface area contributed by atoms with Gasteiger partial charge in [0.2, 0.25) is 0 Å². The maximum Gasteiger partial charge on any atom is 0.156 e. The summed E-state index contributed by atoms with van der Waals surface area (Å²) in [6.07, 6.45) is 0.0449. The molecule has 0 spiro atoms. The number of nitrogens with zero attached hydrogens (tertiary/aromatic N) is 1. The standard InChI is InChI=1S/C10H22N2O2/c1-4-13-10(3)14-9(2)12-7-5-11-6-8-12/h9-11H,4-8H2,1-3H3. The van der Waals surface area contributed by atoms with E-state index in [1.54, 1.807) is 0 Å². The number of piperazine rings is 1. The van der Waals surface area contributed by atoms with Gasteiger partial charge in [-0.3, -0.25) is 4.90 Å². The number of rotatable bonds is 5. The first-order chi connectivity index (χ1) is 6.74. The fourth-order valence-corrected chi connectivity index (χ4v) is 1.68. The molecule has 4 nitrogen and oxygen atoms in total. The molecule has 4 heteroatoms. The largest absolute Gasteiger partial charge is 0.353 e. The molecule has 0 radical (unpaired) electrons. The van der Waals surface area contributed by atoms with Crippen LogP contribution in [0.25, 0.3) is 0 Å². The van der Waals surface area contributed by atoms with E-state index in [1.807, 2.05) is 13.8 Å². The van der Waals surface area contributed by atoms with Gasteiger partial charge in [0.1, 0.15) is 6.23 Å². The quantitative estimate of drug-likeness (QED) is 0.663. The first-order valence-electron chi connectivity index (χ1n) is 5.46. The Balaban J connectivity index is 2.21. The van der Waals surface area contributed by atoms with Gasteiger partial charge in [-0.05, 0) is 20.8 Å². The number of ether oxygens (including phenoxy) is 2. The van der Waals surface area contributed by atoms with E-state index < -0.39 is 0 Å². The van der Waals surface area contributed by atoms with Gasteiger partial charge >= 0.3 is 0 Å². The van der Waals surface area contributed by atoms with Crippen LogP contribution < -0.4 is 5.32 Å². The van der Waals surface area contributed by atoms with E-state index in [-0.39, 0.29) is 12.5 Å². The van der Waals surface area contributed by atoms with Crippen LogP contribution in [0.2, 0.25) is 0 Å². The molecule has 2 unspecified atom stereocenters. The second-order valence-electron chi connectivity index (χ2n) is 3.54. The molecule has 0 aromatic rings. The Hall–Kier alpha value is -0.160. The van der Waals surface area contributed by atoms with Gasteiger partial charge in [-0.25, -0.2) is 0 Å². The molecule has 14 heavy (non-hydrogen) atoms. The summed E-state index contributed by atoms with van der Waals surface area (Å²) in [7, 11) is 0. The summed E-state index contributed by atoms with van der Waals surface area (Å²) in [6.45, 7) is 10.9. The van der Waals surface area contributed by atoms with E-state index in [2.05, 4.69) is 17.1 Å². The highest BCUT2D eigenvalue weighted by Crippen LogP contribution is 2.06. The molecule has 1 N–H and O–H groups in total. The first kappa shape index (κ1) is 11.9. The van der Waals surface area contributed by atoms with Crippen molar-refractivity contribution in [2.24, 2.45) is 0 Å². The van der Waals surface area contributed by atoms with Crippen molar-refractivity contribution in [2.45, 2.75) is 33.3 Å². The molecular weight excluding hydrogens is 180 g/mol. The number of hydrogen-bond donors (Lipinski definition) is 1. The van der Waals surface area contributed by atoms with Gasteiger partial charge in [0.25, 0.3) is 0 Å². The van der Waals surface area contributed by atoms with Gasteiger partial charge in [-0.15, -0.1) is 0 Å². The van der Waals surface area contributed by atoms with Gasteiger partial charge in [-0.2, -0.15) is 0 Å². The van der Waals surface area contributed by atoms with E-state index in [1.165, 1.54) is 0 Å². The molecule has 1 fully saturated rings. The molecule has 0 aliphatic carbocycles. The Kier molecular flexibility index (Phi) is 5.40. The monoisotopic (exact) mass is 202 g/mol. The normalized spacial score (nSPS) is 23.4. The van der Waals surface area contributed by atoms with Crippen molar-refractivity contribution < 1.29 is 9.47 Å². The molecule has 2 atom stereocenters. The third kappa shape index (κ3) is 3.92. The van der Waals surface area contributed by atoms with Crippen LogP contribution in [0, 0.1) is 0 Å². The van der Waals surface area contributed by atoms with Gasteiger partial charge in [0.05, 0.1) is 0 Å². The van der Waals surface area contributed by atoms with Crippen molar-refractivity contribution in [1.29, 1.82) is 0 Å². The van der Waals surface area contributed by atoms with Crippen molar-refractivity contribution >= 4 is 0 Å². The highest BCUT2D eigenvalue weighted by molar-refractivity contribution is 4.68. The maximum absolute atomic E-state index is 5.71. The van der Waals surface area contributed by atoms with Crippen molar-refractivity contribution in [3.63, 3.8) is 0 Å². The van der Waals surface area contributed by atoms with Crippen LogP contribution in [0.3, 0.4) is 0 Å². The van der Waals surface area contributed by atoms with Crippen LogP contribution in [0.5, 0.6) is 0 Å². The van der Waals surface area contributed by atoms with Gasteiger partial charge in [0, 0.05) is 32.8 Å². The molecule has 0 aromatic heterocycles. The fourth-order valence-electron chi connectivity index (χ4n) is 1.68. The molecule has 1 heterocycles. The summed E-state index contributed by atoms with van der Waals surface area (Å²) < 4.78 is 11.0. The SMILES string of the molecule is CCOC(C)OC(C)N1CCNCC1. The Labute approximate surface area is 86.6 Å². The second-order valence-corrected chi connectivity index (χ2v) is 3.54. The minimum atomic E-state index is -0.107. The van der Waals surface area contributed by atoms with E-state index in [9.17, 15) is 0 Å². The highest BCUT2D eigenvalue weighted by atomic mass is 16.7. The average molecular weight is 202 g/mol. The van der Waals surface area contributed by atoms with Crippen molar-refractivity contribution in [1.82, 2.24) is 10.2 Å². The summed E-state index contributed by atoms with van der Waals surface area (Å²) in [5, 5.41) is 3.32. The lowest BCUT2D eigenvalue weighted by Crippen LogP contribution is -2.49. The van der Waals surface area contributed by atoms with Crippen LogP contribution in [-0.4, -0.2) is 50.2 Å². The minimum Gasteiger partial charge on any atom is -0.353 e. The fraction of sp³-hybridized carbons (Fsp3) is 1.00. The molecule has 1 aliphatic rings. The Morgan fingerprint density at radius 1 is 1.29 bits per heavy atom. The van der Waals surface area contributed by atoms with Gasteiger partial charge in [-0.1, -0.05) is 0 Å². The second kappa shape index (κ2) is 6.35. The maximum atomic E-state index is 5.71. The minimum absolute atomic E-state index is 0.107. The Bertz CT molecular complexity index is 149. The van der Waals surface area contributed by atoms with E-state index >= 15 is 0 Å². The van der Waals surface area contributed by atoms with Crippen molar-refractivity contribution in [3.8, 4) is 0 Å². The lowest BCUT2D eigenvalue weighted by Gasteiger charge is -2.33.